The number of rotatable bonds is 6. The molecule has 1 aromatic carbocycles. The highest BCUT2D eigenvalue weighted by Gasteiger charge is 2.39. The molecule has 0 saturated carbocycles. The van der Waals surface area contributed by atoms with Gasteiger partial charge in [0.25, 0.3) is 5.91 Å². The van der Waals surface area contributed by atoms with Crippen LogP contribution in [0.15, 0.2) is 36.7 Å². The third kappa shape index (κ3) is 5.27. The number of hydrogen-bond acceptors (Lipinski definition) is 7. The quantitative estimate of drug-likeness (QED) is 0.261. The predicted molar refractivity (Wildman–Crippen MR) is 153 cm³/mol. The number of piperidine rings is 1. The lowest BCUT2D eigenvalue weighted by Gasteiger charge is -2.34. The average Bonchev–Trinajstić information content (AvgIpc) is 3.57. The van der Waals surface area contributed by atoms with Gasteiger partial charge in [0.15, 0.2) is 0 Å². The molecule has 2 aliphatic heterocycles. The number of imidazole rings is 1. The van der Waals surface area contributed by atoms with Gasteiger partial charge in [0, 0.05) is 36.7 Å². The fraction of sp³-hybridized carbons (Fsp3) is 0.345. The third-order valence-corrected chi connectivity index (χ3v) is 8.22. The summed E-state index contributed by atoms with van der Waals surface area (Å²) in [5.74, 6) is -1.89. The first-order chi connectivity index (χ1) is 21.0. The van der Waals surface area contributed by atoms with Crippen molar-refractivity contribution in [3.8, 4) is 17.0 Å². The SMILES string of the molecule is CCOc1cc(C(=O)Nc2cc(C(F)(F)F)ccn2)c(F)cc1-c1nc([C@@H]2CC[C@H]3CCC(=O)N3C2)n2c(Cl)cnc(N)c12. The summed E-state index contributed by atoms with van der Waals surface area (Å²) in [6.07, 6.45) is 0.460. The van der Waals surface area contributed by atoms with Gasteiger partial charge < -0.3 is 20.7 Å². The van der Waals surface area contributed by atoms with Crippen LogP contribution in [0.25, 0.3) is 16.8 Å². The van der Waals surface area contributed by atoms with Gasteiger partial charge >= 0.3 is 6.18 Å². The number of carbonyl (C=O) groups is 2. The molecule has 10 nitrogen and oxygen atoms in total. The van der Waals surface area contributed by atoms with E-state index in [1.54, 1.807) is 11.3 Å². The molecule has 0 bridgehead atoms. The number of nitrogens with one attached hydrogen (secondary N) is 1. The van der Waals surface area contributed by atoms with Gasteiger partial charge in [-0.15, -0.1) is 0 Å². The van der Waals surface area contributed by atoms with Gasteiger partial charge in [0.05, 0.1) is 23.9 Å². The molecular weight excluding hydrogens is 606 g/mol. The number of alkyl halides is 3. The van der Waals surface area contributed by atoms with Crippen molar-refractivity contribution in [2.45, 2.75) is 50.7 Å². The standard InChI is InChI=1S/C29H26ClF4N7O3/c1-2-44-20-11-17(28(43)38-22-9-15(7-8-36-22)29(32,33)34)19(31)10-18(20)24-25-26(35)37-12-21(30)41(25)27(39-24)14-3-4-16-5-6-23(42)40(16)13-14/h7-12,14,16H,2-6,13H2,1H3,(H2,35,37)(H,36,38,43)/t14-,16+/m1/s1. The van der Waals surface area contributed by atoms with Crippen LogP contribution < -0.4 is 15.8 Å². The highest BCUT2D eigenvalue weighted by atomic mass is 35.5. The maximum Gasteiger partial charge on any atom is 0.416 e. The van der Waals surface area contributed by atoms with Crippen molar-refractivity contribution in [2.75, 3.05) is 24.2 Å². The Kier molecular flexibility index (Phi) is 7.56. The molecule has 4 aromatic rings. The van der Waals surface area contributed by atoms with E-state index in [-0.39, 0.29) is 52.5 Å². The molecule has 0 unspecified atom stereocenters. The van der Waals surface area contributed by atoms with Crippen molar-refractivity contribution < 1.29 is 31.9 Å². The number of anilines is 2. The highest BCUT2D eigenvalue weighted by Crippen LogP contribution is 2.42. The summed E-state index contributed by atoms with van der Waals surface area (Å²) in [7, 11) is 0. The lowest BCUT2D eigenvalue weighted by Crippen LogP contribution is -2.41. The molecule has 6 rings (SSSR count). The van der Waals surface area contributed by atoms with Crippen molar-refractivity contribution in [1.29, 1.82) is 0 Å². The topological polar surface area (TPSA) is 128 Å². The second kappa shape index (κ2) is 11.2. The molecule has 3 N–H and O–H groups in total. The first-order valence-corrected chi connectivity index (χ1v) is 14.3. The second-order valence-corrected chi connectivity index (χ2v) is 11.0. The molecule has 2 atom stereocenters. The average molecular weight is 632 g/mol. The van der Waals surface area contributed by atoms with Crippen LogP contribution in [-0.2, 0) is 11.0 Å². The van der Waals surface area contributed by atoms with Crippen molar-refractivity contribution >= 4 is 40.6 Å². The summed E-state index contributed by atoms with van der Waals surface area (Å²) < 4.78 is 62.5. The molecular formula is C29H26ClF4N7O3. The van der Waals surface area contributed by atoms with E-state index in [4.69, 9.17) is 27.1 Å². The van der Waals surface area contributed by atoms with Gasteiger partial charge in [0.1, 0.15) is 45.4 Å². The molecule has 230 valence electrons. The Labute approximate surface area is 253 Å². The smallest absolute Gasteiger partial charge is 0.416 e. The van der Waals surface area contributed by atoms with E-state index in [0.29, 0.717) is 30.4 Å². The van der Waals surface area contributed by atoms with Crippen LogP contribution >= 0.6 is 11.6 Å². The van der Waals surface area contributed by atoms with E-state index < -0.39 is 34.8 Å². The molecule has 2 amide bonds. The van der Waals surface area contributed by atoms with Crippen LogP contribution in [0.1, 0.15) is 60.3 Å². The van der Waals surface area contributed by atoms with E-state index in [9.17, 15) is 22.8 Å². The first-order valence-electron chi connectivity index (χ1n) is 13.9. The number of carbonyl (C=O) groups excluding carboxylic acids is 2. The lowest BCUT2D eigenvalue weighted by molar-refractivity contribution is -0.137. The normalized spacial score (nSPS) is 18.5. The van der Waals surface area contributed by atoms with E-state index in [2.05, 4.69) is 15.3 Å². The Balaban J connectivity index is 1.42. The van der Waals surface area contributed by atoms with Crippen molar-refractivity contribution in [3.63, 3.8) is 0 Å². The number of benzene rings is 1. The number of nitrogen functional groups attached to an aromatic ring is 1. The number of hydrogen-bond donors (Lipinski definition) is 2. The number of ether oxygens (including phenoxy) is 1. The molecule has 44 heavy (non-hydrogen) atoms. The summed E-state index contributed by atoms with van der Waals surface area (Å²) in [6, 6.07) is 3.78. The van der Waals surface area contributed by atoms with Gasteiger partial charge in [-0.25, -0.2) is 19.3 Å². The minimum absolute atomic E-state index is 0.0642. The zero-order chi connectivity index (χ0) is 31.3. The Morgan fingerprint density at radius 1 is 1.20 bits per heavy atom. The second-order valence-electron chi connectivity index (χ2n) is 10.6. The monoisotopic (exact) mass is 631 g/mol. The van der Waals surface area contributed by atoms with Gasteiger partial charge in [-0.2, -0.15) is 13.2 Å². The number of nitrogens with two attached hydrogens (primary N) is 1. The van der Waals surface area contributed by atoms with Gasteiger partial charge in [-0.05, 0) is 50.5 Å². The Hall–Kier alpha value is -4.46. The number of aromatic nitrogens is 4. The van der Waals surface area contributed by atoms with Crippen LogP contribution in [-0.4, -0.2) is 55.3 Å². The van der Waals surface area contributed by atoms with E-state index in [1.165, 1.54) is 6.20 Å². The highest BCUT2D eigenvalue weighted by molar-refractivity contribution is 6.30. The predicted octanol–water partition coefficient (Wildman–Crippen LogP) is 5.70. The number of amides is 2. The van der Waals surface area contributed by atoms with Crippen LogP contribution in [0, 0.1) is 5.82 Å². The Bertz CT molecular complexity index is 1800. The van der Waals surface area contributed by atoms with Crippen molar-refractivity contribution in [3.05, 3.63) is 64.6 Å². The lowest BCUT2D eigenvalue weighted by atomic mass is 9.92. The maximum atomic E-state index is 15.6. The largest absolute Gasteiger partial charge is 0.493 e. The first kappa shape index (κ1) is 29.6. The van der Waals surface area contributed by atoms with Crippen LogP contribution in [0.3, 0.4) is 0 Å². The summed E-state index contributed by atoms with van der Waals surface area (Å²) in [4.78, 5) is 40.2. The molecule has 3 aromatic heterocycles. The molecule has 0 spiro atoms. The fourth-order valence-corrected chi connectivity index (χ4v) is 6.14. The van der Waals surface area contributed by atoms with Gasteiger partial charge in [0.2, 0.25) is 5.91 Å². The molecule has 5 heterocycles. The molecule has 0 radical (unpaired) electrons. The van der Waals surface area contributed by atoms with E-state index in [0.717, 1.165) is 43.7 Å². The molecule has 15 heteroatoms. The number of halogens is 5. The summed E-state index contributed by atoms with van der Waals surface area (Å²) in [5.41, 5.74) is 5.45. The number of pyridine rings is 1. The Morgan fingerprint density at radius 2 is 2.00 bits per heavy atom. The molecule has 2 aliphatic rings. The van der Waals surface area contributed by atoms with Crippen molar-refractivity contribution in [1.82, 2.24) is 24.3 Å². The minimum atomic E-state index is -4.66. The van der Waals surface area contributed by atoms with Crippen molar-refractivity contribution in [2.24, 2.45) is 0 Å². The molecule has 2 saturated heterocycles. The zero-order valence-corrected chi connectivity index (χ0v) is 24.0. The summed E-state index contributed by atoms with van der Waals surface area (Å²) in [6.45, 7) is 2.26. The van der Waals surface area contributed by atoms with E-state index >= 15 is 4.39 Å². The molecule has 0 aliphatic carbocycles. The third-order valence-electron chi connectivity index (χ3n) is 7.95. The van der Waals surface area contributed by atoms with Crippen LogP contribution in [0.5, 0.6) is 5.75 Å². The maximum absolute atomic E-state index is 15.6. The fourth-order valence-electron chi connectivity index (χ4n) is 5.92. The zero-order valence-electron chi connectivity index (χ0n) is 23.3. The summed E-state index contributed by atoms with van der Waals surface area (Å²) >= 11 is 6.60. The Morgan fingerprint density at radius 3 is 2.75 bits per heavy atom. The minimum Gasteiger partial charge on any atom is -0.493 e. The number of nitrogens with zero attached hydrogens (tertiary/aromatic N) is 5. The number of fused-ring (bicyclic) bond motifs is 2. The van der Waals surface area contributed by atoms with Crippen LogP contribution in [0.2, 0.25) is 5.15 Å². The molecule has 2 fully saturated rings. The summed E-state index contributed by atoms with van der Waals surface area (Å²) in [5, 5.41) is 2.42. The van der Waals surface area contributed by atoms with Crippen LogP contribution in [0.4, 0.5) is 29.2 Å². The van der Waals surface area contributed by atoms with Gasteiger partial charge in [-0.1, -0.05) is 11.6 Å². The van der Waals surface area contributed by atoms with E-state index in [1.807, 2.05) is 4.90 Å². The van der Waals surface area contributed by atoms with Gasteiger partial charge in [-0.3, -0.25) is 14.0 Å².